The van der Waals surface area contributed by atoms with Gasteiger partial charge in [0.2, 0.25) is 0 Å². The number of hydrogen-bond donors (Lipinski definition) is 1. The van der Waals surface area contributed by atoms with Crippen LogP contribution >= 0.6 is 0 Å². The summed E-state index contributed by atoms with van der Waals surface area (Å²) in [6, 6.07) is 9.24. The summed E-state index contributed by atoms with van der Waals surface area (Å²) in [6.07, 6.45) is 9.95. The van der Waals surface area contributed by atoms with Gasteiger partial charge in [-0.3, -0.25) is 4.79 Å². The highest BCUT2D eigenvalue weighted by Crippen LogP contribution is 2.19. The first-order chi connectivity index (χ1) is 14.2. The molecule has 1 amide bonds. The first-order valence-corrected chi connectivity index (χ1v) is 9.84. The summed E-state index contributed by atoms with van der Waals surface area (Å²) in [4.78, 5) is 23.5. The van der Waals surface area contributed by atoms with Gasteiger partial charge in [-0.05, 0) is 38.3 Å². The van der Waals surface area contributed by atoms with E-state index in [0.29, 0.717) is 17.4 Å². The van der Waals surface area contributed by atoms with Gasteiger partial charge in [-0.25, -0.2) is 14.6 Å². The molecule has 8 heteroatoms. The minimum atomic E-state index is -0.638. The summed E-state index contributed by atoms with van der Waals surface area (Å²) in [6.45, 7) is 3.79. The molecule has 0 bridgehead atoms. The van der Waals surface area contributed by atoms with Gasteiger partial charge >= 0.3 is 0 Å². The minimum Gasteiger partial charge on any atom is -0.481 e. The third-order valence-electron chi connectivity index (χ3n) is 4.83. The van der Waals surface area contributed by atoms with Crippen LogP contribution in [0.2, 0.25) is 0 Å². The summed E-state index contributed by atoms with van der Waals surface area (Å²) < 4.78 is 7.18. The molecule has 3 heterocycles. The van der Waals surface area contributed by atoms with Crippen LogP contribution in [0.1, 0.15) is 26.2 Å². The lowest BCUT2D eigenvalue weighted by Gasteiger charge is -2.28. The lowest BCUT2D eigenvalue weighted by molar-refractivity contribution is -0.122. The molecule has 0 radical (unpaired) electrons. The molecule has 4 rings (SSSR count). The molecule has 1 saturated heterocycles. The summed E-state index contributed by atoms with van der Waals surface area (Å²) >= 11 is 0. The molecular weight excluding hydrogens is 368 g/mol. The molecule has 1 aromatic carbocycles. The summed E-state index contributed by atoms with van der Waals surface area (Å²) in [5, 5.41) is 7.05. The molecule has 1 atom stereocenters. The first-order valence-electron chi connectivity index (χ1n) is 9.84. The number of anilines is 2. The largest absolute Gasteiger partial charge is 0.481 e. The molecule has 0 saturated carbocycles. The van der Waals surface area contributed by atoms with Gasteiger partial charge < -0.3 is 15.0 Å². The average molecular weight is 392 g/mol. The van der Waals surface area contributed by atoms with Crippen LogP contribution in [0.3, 0.4) is 0 Å². The maximum Gasteiger partial charge on any atom is 0.265 e. The fourth-order valence-corrected chi connectivity index (χ4v) is 3.25. The molecule has 0 unspecified atom stereocenters. The van der Waals surface area contributed by atoms with E-state index in [-0.39, 0.29) is 5.91 Å². The maximum atomic E-state index is 12.4. The number of carbonyl (C=O) groups is 1. The van der Waals surface area contributed by atoms with E-state index < -0.39 is 6.10 Å². The maximum absolute atomic E-state index is 12.4. The second-order valence-electron chi connectivity index (χ2n) is 7.02. The van der Waals surface area contributed by atoms with E-state index in [1.165, 1.54) is 23.9 Å². The van der Waals surface area contributed by atoms with Crippen LogP contribution < -0.4 is 15.0 Å². The van der Waals surface area contributed by atoms with E-state index in [4.69, 9.17) is 4.74 Å². The number of hydrogen-bond acceptors (Lipinski definition) is 6. The monoisotopic (exact) mass is 392 g/mol. The predicted octanol–water partition coefficient (Wildman–Crippen LogP) is 3.06. The lowest BCUT2D eigenvalue weighted by Crippen LogP contribution is -2.30. The van der Waals surface area contributed by atoms with Crippen LogP contribution in [-0.2, 0) is 4.79 Å². The van der Waals surface area contributed by atoms with Crippen molar-refractivity contribution in [2.24, 2.45) is 0 Å². The highest BCUT2D eigenvalue weighted by atomic mass is 16.5. The van der Waals surface area contributed by atoms with Crippen molar-refractivity contribution in [3.05, 3.63) is 55.1 Å². The second kappa shape index (κ2) is 8.72. The predicted molar refractivity (Wildman–Crippen MR) is 110 cm³/mol. The Morgan fingerprint density at radius 3 is 2.52 bits per heavy atom. The zero-order chi connectivity index (χ0) is 20.1. The quantitative estimate of drug-likeness (QED) is 0.694. The Balaban J connectivity index is 1.37. The molecule has 8 nitrogen and oxygen atoms in total. The number of nitrogens with one attached hydrogen (secondary N) is 1. The molecule has 29 heavy (non-hydrogen) atoms. The molecule has 3 aromatic rings. The van der Waals surface area contributed by atoms with Gasteiger partial charge in [0.05, 0.1) is 36.2 Å². The highest BCUT2D eigenvalue weighted by molar-refractivity contribution is 5.93. The van der Waals surface area contributed by atoms with Crippen molar-refractivity contribution in [2.75, 3.05) is 23.3 Å². The van der Waals surface area contributed by atoms with Crippen molar-refractivity contribution >= 4 is 17.3 Å². The number of aromatic nitrogens is 4. The Kier molecular flexibility index (Phi) is 5.69. The Morgan fingerprint density at radius 2 is 1.79 bits per heavy atom. The number of ether oxygens (including phenoxy) is 1. The minimum absolute atomic E-state index is 0.255. The molecule has 1 fully saturated rings. The van der Waals surface area contributed by atoms with Crippen LogP contribution in [0.4, 0.5) is 11.4 Å². The van der Waals surface area contributed by atoms with Crippen LogP contribution in [0.25, 0.3) is 5.95 Å². The van der Waals surface area contributed by atoms with E-state index in [1.807, 2.05) is 42.7 Å². The Bertz CT molecular complexity index is 935. The van der Waals surface area contributed by atoms with E-state index in [2.05, 4.69) is 25.3 Å². The summed E-state index contributed by atoms with van der Waals surface area (Å²) in [5.41, 5.74) is 1.59. The van der Waals surface area contributed by atoms with Gasteiger partial charge in [-0.1, -0.05) is 18.2 Å². The SMILES string of the molecule is C[C@@H](Oc1ccccc1)C(=O)Nc1cnn(-c2ncc(N3CCCCC3)cn2)c1. The van der Waals surface area contributed by atoms with Crippen molar-refractivity contribution in [2.45, 2.75) is 32.3 Å². The molecule has 0 aliphatic carbocycles. The molecule has 2 aromatic heterocycles. The van der Waals surface area contributed by atoms with Crippen molar-refractivity contribution < 1.29 is 9.53 Å². The average Bonchev–Trinajstić information content (AvgIpc) is 3.23. The Hall–Kier alpha value is -3.42. The number of amides is 1. The van der Waals surface area contributed by atoms with E-state index >= 15 is 0 Å². The number of benzene rings is 1. The third-order valence-corrected chi connectivity index (χ3v) is 4.83. The Morgan fingerprint density at radius 1 is 1.07 bits per heavy atom. The zero-order valence-corrected chi connectivity index (χ0v) is 16.4. The van der Waals surface area contributed by atoms with Crippen molar-refractivity contribution in [3.63, 3.8) is 0 Å². The van der Waals surface area contributed by atoms with Crippen molar-refractivity contribution in [3.8, 4) is 11.7 Å². The van der Waals surface area contributed by atoms with Crippen molar-refractivity contribution in [1.82, 2.24) is 19.7 Å². The summed E-state index contributed by atoms with van der Waals surface area (Å²) in [5.74, 6) is 0.850. The topological polar surface area (TPSA) is 85.2 Å². The third kappa shape index (κ3) is 4.71. The fourth-order valence-electron chi connectivity index (χ4n) is 3.25. The van der Waals surface area contributed by atoms with E-state index in [9.17, 15) is 4.79 Å². The smallest absolute Gasteiger partial charge is 0.265 e. The molecule has 1 aliphatic heterocycles. The highest BCUT2D eigenvalue weighted by Gasteiger charge is 2.16. The van der Waals surface area contributed by atoms with E-state index in [1.54, 1.807) is 19.3 Å². The first kappa shape index (κ1) is 18.9. The van der Waals surface area contributed by atoms with Gasteiger partial charge in [0.1, 0.15) is 5.75 Å². The second-order valence-corrected chi connectivity index (χ2v) is 7.02. The lowest BCUT2D eigenvalue weighted by atomic mass is 10.1. The molecule has 1 N–H and O–H groups in total. The molecule has 0 spiro atoms. The van der Waals surface area contributed by atoms with Crippen molar-refractivity contribution in [1.29, 1.82) is 0 Å². The molecular formula is C21H24N6O2. The Labute approximate surface area is 169 Å². The van der Waals surface area contributed by atoms with Gasteiger partial charge in [0.25, 0.3) is 11.9 Å². The van der Waals surface area contributed by atoms with Gasteiger partial charge in [-0.15, -0.1) is 0 Å². The van der Waals surface area contributed by atoms with E-state index in [0.717, 1.165) is 18.8 Å². The van der Waals surface area contributed by atoms with Gasteiger partial charge in [-0.2, -0.15) is 5.10 Å². The number of nitrogens with zero attached hydrogens (tertiary/aromatic N) is 5. The van der Waals surface area contributed by atoms with Gasteiger partial charge in [0, 0.05) is 13.1 Å². The van der Waals surface area contributed by atoms with Crippen LogP contribution in [0, 0.1) is 0 Å². The van der Waals surface area contributed by atoms with Crippen LogP contribution in [0.15, 0.2) is 55.1 Å². The molecule has 150 valence electrons. The number of rotatable bonds is 6. The van der Waals surface area contributed by atoms with Crippen LogP contribution in [-0.4, -0.2) is 44.8 Å². The molecule has 1 aliphatic rings. The summed E-state index contributed by atoms with van der Waals surface area (Å²) in [7, 11) is 0. The zero-order valence-electron chi connectivity index (χ0n) is 16.4. The normalized spacial score (nSPS) is 15.0. The number of para-hydroxylation sites is 1. The fraction of sp³-hybridized carbons (Fsp3) is 0.333. The standard InChI is InChI=1S/C21H24N6O2/c1-16(29-19-8-4-2-5-9-19)20(28)25-17-12-24-27(15-17)21-22-13-18(14-23-21)26-10-6-3-7-11-26/h2,4-5,8-9,12-16H,3,6-7,10-11H2,1H3,(H,25,28)/t16-/m1/s1. The van der Waals surface area contributed by atoms with Crippen LogP contribution in [0.5, 0.6) is 5.75 Å². The van der Waals surface area contributed by atoms with Gasteiger partial charge in [0.15, 0.2) is 6.10 Å². The number of carbonyl (C=O) groups excluding carboxylic acids is 1. The number of piperidine rings is 1.